The topological polar surface area (TPSA) is 151 Å². The molecule has 1 aromatic carbocycles. The summed E-state index contributed by atoms with van der Waals surface area (Å²) in [6.45, 7) is 0.626. The number of rotatable bonds is 8. The number of benzene rings is 1. The fourth-order valence-corrected chi connectivity index (χ4v) is 6.71. The van der Waals surface area contributed by atoms with Crippen molar-refractivity contribution in [2.24, 2.45) is 11.1 Å². The lowest BCUT2D eigenvalue weighted by atomic mass is 9.99. The van der Waals surface area contributed by atoms with Gasteiger partial charge in [0.1, 0.15) is 18.2 Å². The molecule has 37 heavy (non-hydrogen) atoms. The van der Waals surface area contributed by atoms with E-state index in [1.165, 1.54) is 28.8 Å². The zero-order chi connectivity index (χ0) is 26.3. The molecular weight excluding hydrogens is 538 g/mol. The standard InChI is InChI=1S/C24H28ClN5O5S2/c1-30-9-13-2-3-16(25)6-18(13)22(30)15-5-21(36-11-15)23(32)19-8-27-12-28-24(19)29-17-4-14(20(31)7-17)10-35-37(26,33)34/h2-3,5-6,8,11-12,14,17,20,22-23,31-32H,4,7,9-10H2,1H3,(H2,26,33,34)(H,27,28,29)/t14-,17-,20+,22?,23?/m1/s1. The van der Waals surface area contributed by atoms with Gasteiger partial charge in [-0.15, -0.1) is 11.3 Å². The predicted molar refractivity (Wildman–Crippen MR) is 140 cm³/mol. The fourth-order valence-electron chi connectivity index (χ4n) is 5.24. The Kier molecular flexibility index (Phi) is 7.53. The van der Waals surface area contributed by atoms with Crippen LogP contribution >= 0.6 is 22.9 Å². The van der Waals surface area contributed by atoms with Crippen molar-refractivity contribution in [1.29, 1.82) is 0 Å². The van der Waals surface area contributed by atoms with E-state index in [9.17, 15) is 18.6 Å². The molecule has 1 aliphatic carbocycles. The van der Waals surface area contributed by atoms with Gasteiger partial charge in [-0.1, -0.05) is 17.7 Å². The third-order valence-electron chi connectivity index (χ3n) is 6.97. The van der Waals surface area contributed by atoms with E-state index < -0.39 is 28.4 Å². The molecule has 0 spiro atoms. The molecule has 0 saturated heterocycles. The maximum absolute atomic E-state index is 11.3. The SMILES string of the molecule is CN1Cc2ccc(Cl)cc2C1c1csc(C(O)c2cncnc2N[C@@H]2C[C@H](COS(N)(=O)=O)[C@@H](O)C2)c1. The van der Waals surface area contributed by atoms with E-state index in [-0.39, 0.29) is 18.7 Å². The first-order chi connectivity index (χ1) is 17.6. The molecule has 5 rings (SSSR count). The fraction of sp³-hybridized carbons (Fsp3) is 0.417. The maximum atomic E-state index is 11.3. The molecule has 2 unspecified atom stereocenters. The van der Waals surface area contributed by atoms with Gasteiger partial charge in [-0.05, 0) is 60.2 Å². The van der Waals surface area contributed by atoms with Crippen LogP contribution in [0.25, 0.3) is 0 Å². The summed E-state index contributed by atoms with van der Waals surface area (Å²) in [7, 11) is -2.01. The quantitative estimate of drug-likeness (QED) is 0.323. The van der Waals surface area contributed by atoms with Crippen LogP contribution in [-0.2, 0) is 21.0 Å². The number of hydrogen-bond donors (Lipinski definition) is 4. The van der Waals surface area contributed by atoms with Crippen LogP contribution in [0.3, 0.4) is 0 Å². The van der Waals surface area contributed by atoms with Gasteiger partial charge < -0.3 is 15.5 Å². The smallest absolute Gasteiger partial charge is 0.333 e. The minimum Gasteiger partial charge on any atom is -0.393 e. The van der Waals surface area contributed by atoms with Crippen molar-refractivity contribution in [3.8, 4) is 0 Å². The minimum absolute atomic E-state index is 0.0481. The first-order valence-corrected chi connectivity index (χ1v) is 14.5. The highest BCUT2D eigenvalue weighted by Crippen LogP contribution is 2.42. The monoisotopic (exact) mass is 565 g/mol. The van der Waals surface area contributed by atoms with Gasteiger partial charge in [0.05, 0.1) is 18.8 Å². The van der Waals surface area contributed by atoms with Crippen LogP contribution in [0.5, 0.6) is 0 Å². The van der Waals surface area contributed by atoms with Crippen molar-refractivity contribution < 1.29 is 22.8 Å². The number of nitrogens with one attached hydrogen (secondary N) is 1. The van der Waals surface area contributed by atoms with E-state index in [1.54, 1.807) is 6.20 Å². The van der Waals surface area contributed by atoms with Crippen LogP contribution in [0.4, 0.5) is 5.82 Å². The second-order valence-electron chi connectivity index (χ2n) is 9.59. The van der Waals surface area contributed by atoms with E-state index in [1.807, 2.05) is 18.2 Å². The number of hydrogen-bond acceptors (Lipinski definition) is 10. The minimum atomic E-state index is -4.08. The van der Waals surface area contributed by atoms with Crippen molar-refractivity contribution >= 4 is 39.1 Å². The number of thiophene rings is 1. The average molecular weight is 566 g/mol. The molecule has 2 aliphatic rings. The van der Waals surface area contributed by atoms with Crippen LogP contribution in [0.15, 0.2) is 42.2 Å². The molecule has 0 bridgehead atoms. The molecule has 0 amide bonds. The third-order valence-corrected chi connectivity index (χ3v) is 8.67. The molecule has 5 atom stereocenters. The van der Waals surface area contributed by atoms with Gasteiger partial charge in [0, 0.05) is 40.2 Å². The summed E-state index contributed by atoms with van der Waals surface area (Å²) in [6, 6.07) is 7.82. The molecule has 3 heterocycles. The van der Waals surface area contributed by atoms with Crippen molar-refractivity contribution in [2.75, 3.05) is 19.0 Å². The van der Waals surface area contributed by atoms with Crippen molar-refractivity contribution in [3.63, 3.8) is 0 Å². The number of nitrogens with two attached hydrogens (primary N) is 1. The molecule has 2 aromatic heterocycles. The number of fused-ring (bicyclic) bond motifs is 1. The largest absolute Gasteiger partial charge is 0.393 e. The number of aliphatic hydroxyl groups excluding tert-OH is 2. The summed E-state index contributed by atoms with van der Waals surface area (Å²) in [4.78, 5) is 11.4. The Labute approximate surface area is 224 Å². The van der Waals surface area contributed by atoms with Gasteiger partial charge in [-0.3, -0.25) is 9.08 Å². The highest BCUT2D eigenvalue weighted by molar-refractivity contribution is 7.84. The van der Waals surface area contributed by atoms with Crippen LogP contribution in [-0.4, -0.2) is 59.3 Å². The number of aromatic nitrogens is 2. The zero-order valence-corrected chi connectivity index (χ0v) is 22.4. The summed E-state index contributed by atoms with van der Waals surface area (Å²) in [5.74, 6) is 0.0587. The lowest BCUT2D eigenvalue weighted by molar-refractivity contribution is 0.101. The lowest BCUT2D eigenvalue weighted by Gasteiger charge is -2.20. The molecule has 1 aliphatic heterocycles. The molecule has 5 N–H and O–H groups in total. The Balaban J connectivity index is 1.32. The van der Waals surface area contributed by atoms with Gasteiger partial charge in [0.25, 0.3) is 0 Å². The van der Waals surface area contributed by atoms with Crippen molar-refractivity contribution in [1.82, 2.24) is 14.9 Å². The molecule has 0 radical (unpaired) electrons. The van der Waals surface area contributed by atoms with Gasteiger partial charge in [-0.25, -0.2) is 15.1 Å². The third kappa shape index (κ3) is 5.81. The van der Waals surface area contributed by atoms with Crippen molar-refractivity contribution in [3.05, 3.63) is 74.3 Å². The molecule has 1 saturated carbocycles. The number of nitrogens with zero attached hydrogens (tertiary/aromatic N) is 3. The van der Waals surface area contributed by atoms with Crippen LogP contribution < -0.4 is 10.5 Å². The molecular formula is C24H28ClN5O5S2. The lowest BCUT2D eigenvalue weighted by Crippen LogP contribution is -2.24. The van der Waals surface area contributed by atoms with Gasteiger partial charge in [-0.2, -0.15) is 8.42 Å². The Hall–Kier alpha value is -2.16. The molecule has 3 aromatic rings. The summed E-state index contributed by atoms with van der Waals surface area (Å²) >= 11 is 7.73. The average Bonchev–Trinajstić information content (AvgIpc) is 3.53. The normalized spacial score (nSPS) is 24.8. The second-order valence-corrected chi connectivity index (χ2v) is 12.2. The zero-order valence-electron chi connectivity index (χ0n) is 20.0. The van der Waals surface area contributed by atoms with E-state index in [0.717, 1.165) is 17.0 Å². The second kappa shape index (κ2) is 10.5. The molecule has 13 heteroatoms. The highest BCUT2D eigenvalue weighted by atomic mass is 35.5. The maximum Gasteiger partial charge on any atom is 0.333 e. The van der Waals surface area contributed by atoms with Crippen LogP contribution in [0, 0.1) is 5.92 Å². The summed E-state index contributed by atoms with van der Waals surface area (Å²) < 4.78 is 26.9. The summed E-state index contributed by atoms with van der Waals surface area (Å²) in [5, 5.41) is 32.6. The van der Waals surface area contributed by atoms with E-state index >= 15 is 0 Å². The first kappa shape index (κ1) is 26.4. The first-order valence-electron chi connectivity index (χ1n) is 11.8. The van der Waals surface area contributed by atoms with Gasteiger partial charge in [0.15, 0.2) is 0 Å². The number of halogens is 1. The summed E-state index contributed by atoms with van der Waals surface area (Å²) in [6.07, 6.45) is 2.07. The van der Waals surface area contributed by atoms with E-state index in [0.29, 0.717) is 29.2 Å². The Morgan fingerprint density at radius 3 is 2.95 bits per heavy atom. The summed E-state index contributed by atoms with van der Waals surface area (Å²) in [5.41, 5.74) is 3.99. The Morgan fingerprint density at radius 1 is 1.35 bits per heavy atom. The number of anilines is 1. The van der Waals surface area contributed by atoms with Gasteiger partial charge >= 0.3 is 10.3 Å². The molecule has 198 valence electrons. The van der Waals surface area contributed by atoms with Crippen molar-refractivity contribution in [2.45, 2.75) is 43.7 Å². The van der Waals surface area contributed by atoms with Gasteiger partial charge in [0.2, 0.25) is 0 Å². The van der Waals surface area contributed by atoms with E-state index in [4.69, 9.17) is 16.7 Å². The molecule has 10 nitrogen and oxygen atoms in total. The Morgan fingerprint density at radius 2 is 2.16 bits per heavy atom. The molecule has 1 fully saturated rings. The van der Waals surface area contributed by atoms with Crippen LogP contribution in [0.2, 0.25) is 5.02 Å². The van der Waals surface area contributed by atoms with Crippen LogP contribution in [0.1, 0.15) is 52.1 Å². The predicted octanol–water partition coefficient (Wildman–Crippen LogP) is 2.58. The Bertz CT molecular complexity index is 1390. The number of aliphatic hydroxyl groups is 2. The highest BCUT2D eigenvalue weighted by Gasteiger charge is 2.35. The van der Waals surface area contributed by atoms with E-state index in [2.05, 4.69) is 42.9 Å².